The van der Waals surface area contributed by atoms with Crippen LogP contribution in [0.25, 0.3) is 0 Å². The number of benzene rings is 1. The fourth-order valence-corrected chi connectivity index (χ4v) is 4.92. The van der Waals surface area contributed by atoms with Crippen molar-refractivity contribution < 1.29 is 24.2 Å². The molecule has 2 fully saturated rings. The van der Waals surface area contributed by atoms with Gasteiger partial charge >= 0.3 is 5.97 Å². The standard InChI is InChI=1S/C25H37ClN4O5/c1-5-7-19-17(13-20(31)35-19)28-23(33)18-8-6-11-30(18)24(34)21(25(2,3)4)29-22(32)14-9-10-16(27)15(26)12-14/h9-10,12,17-19,21,23,28,33H,5-8,11,13,27H2,1-4H3,(H,29,32)/t17-,18?,19-,21+,23?/m0/s1. The molecule has 2 aliphatic rings. The number of anilines is 1. The van der Waals surface area contributed by atoms with Gasteiger partial charge in [-0.05, 0) is 42.9 Å². The average molecular weight is 509 g/mol. The van der Waals surface area contributed by atoms with E-state index in [1.807, 2.05) is 27.7 Å². The number of hydrogen-bond acceptors (Lipinski definition) is 7. The van der Waals surface area contributed by atoms with Crippen LogP contribution in [0.3, 0.4) is 0 Å². The minimum absolute atomic E-state index is 0.188. The lowest BCUT2D eigenvalue weighted by Gasteiger charge is -2.37. The third kappa shape index (κ3) is 6.45. The lowest BCUT2D eigenvalue weighted by molar-refractivity contribution is -0.141. The van der Waals surface area contributed by atoms with Crippen LogP contribution in [-0.2, 0) is 14.3 Å². The summed E-state index contributed by atoms with van der Waals surface area (Å²) in [6.07, 6.45) is 1.77. The summed E-state index contributed by atoms with van der Waals surface area (Å²) in [7, 11) is 0. The Morgan fingerprint density at radius 2 is 2.06 bits per heavy atom. The van der Waals surface area contributed by atoms with Gasteiger partial charge in [0.2, 0.25) is 5.91 Å². The van der Waals surface area contributed by atoms with Crippen LogP contribution in [0.1, 0.15) is 70.2 Å². The largest absolute Gasteiger partial charge is 0.461 e. The maximum atomic E-state index is 13.7. The number of likely N-dealkylation sites (tertiary alicyclic amines) is 1. The molecule has 0 saturated carbocycles. The summed E-state index contributed by atoms with van der Waals surface area (Å²) < 4.78 is 5.38. The monoisotopic (exact) mass is 508 g/mol. The number of nitrogen functional groups attached to an aromatic ring is 1. The van der Waals surface area contributed by atoms with E-state index in [0.717, 1.165) is 12.8 Å². The number of aliphatic hydroxyl groups is 1. The molecule has 2 unspecified atom stereocenters. The average Bonchev–Trinajstić information content (AvgIpc) is 3.39. The van der Waals surface area contributed by atoms with Gasteiger partial charge in [0.25, 0.3) is 5.91 Å². The van der Waals surface area contributed by atoms with E-state index in [1.165, 1.54) is 6.07 Å². The number of cyclic esters (lactones) is 1. The third-order valence-electron chi connectivity index (χ3n) is 6.67. The van der Waals surface area contributed by atoms with E-state index in [4.69, 9.17) is 22.1 Å². The van der Waals surface area contributed by atoms with Crippen LogP contribution < -0.4 is 16.4 Å². The predicted molar refractivity (Wildman–Crippen MR) is 134 cm³/mol. The first kappa shape index (κ1) is 27.2. The number of carbonyl (C=O) groups excluding carboxylic acids is 3. The molecule has 0 spiro atoms. The Balaban J connectivity index is 1.73. The molecule has 0 aliphatic carbocycles. The van der Waals surface area contributed by atoms with Crippen LogP contribution in [0, 0.1) is 5.41 Å². The van der Waals surface area contributed by atoms with Crippen molar-refractivity contribution in [3.63, 3.8) is 0 Å². The highest BCUT2D eigenvalue weighted by molar-refractivity contribution is 6.33. The Bertz CT molecular complexity index is 950. The van der Waals surface area contributed by atoms with Crippen molar-refractivity contribution in [1.82, 2.24) is 15.5 Å². The van der Waals surface area contributed by atoms with Crippen molar-refractivity contribution in [3.05, 3.63) is 28.8 Å². The van der Waals surface area contributed by atoms with Gasteiger partial charge < -0.3 is 25.8 Å². The van der Waals surface area contributed by atoms with Crippen molar-refractivity contribution in [2.75, 3.05) is 12.3 Å². The fourth-order valence-electron chi connectivity index (χ4n) is 4.74. The van der Waals surface area contributed by atoms with Crippen molar-refractivity contribution in [3.8, 4) is 0 Å². The van der Waals surface area contributed by atoms with E-state index < -0.39 is 29.6 Å². The minimum Gasteiger partial charge on any atom is -0.461 e. The van der Waals surface area contributed by atoms with E-state index in [1.54, 1.807) is 17.0 Å². The first-order chi connectivity index (χ1) is 16.4. The molecule has 0 radical (unpaired) electrons. The zero-order chi connectivity index (χ0) is 25.9. The normalized spacial score (nSPS) is 24.2. The predicted octanol–water partition coefficient (Wildman–Crippen LogP) is 2.45. The number of amides is 2. The van der Waals surface area contributed by atoms with E-state index in [2.05, 4.69) is 10.6 Å². The molecule has 5 atom stereocenters. The van der Waals surface area contributed by atoms with Gasteiger partial charge in [-0.1, -0.05) is 45.7 Å². The lowest BCUT2D eigenvalue weighted by atomic mass is 9.85. The molecule has 9 nitrogen and oxygen atoms in total. The Labute approximate surface area is 211 Å². The summed E-state index contributed by atoms with van der Waals surface area (Å²) in [4.78, 5) is 40.1. The fraction of sp³-hybridized carbons (Fsp3) is 0.640. The van der Waals surface area contributed by atoms with E-state index in [9.17, 15) is 19.5 Å². The second kappa shape index (κ2) is 11.1. The minimum atomic E-state index is -1.02. The van der Waals surface area contributed by atoms with Crippen LogP contribution in [-0.4, -0.2) is 64.8 Å². The zero-order valence-electron chi connectivity index (χ0n) is 20.8. The SMILES string of the molecule is CCC[C@@H]1OC(=O)C[C@@H]1NC(O)C1CCCN1C(=O)[C@@H](NC(=O)c1ccc(N)c(Cl)c1)C(C)(C)C. The molecule has 3 rings (SSSR count). The molecule has 2 saturated heterocycles. The van der Waals surface area contributed by atoms with E-state index in [-0.39, 0.29) is 35.5 Å². The number of nitrogens with two attached hydrogens (primary N) is 1. The number of rotatable bonds is 8. The molecule has 1 aromatic carbocycles. The van der Waals surface area contributed by atoms with Gasteiger partial charge in [-0.15, -0.1) is 0 Å². The number of nitrogens with one attached hydrogen (secondary N) is 2. The zero-order valence-corrected chi connectivity index (χ0v) is 21.6. The number of aliphatic hydroxyl groups excluding tert-OH is 1. The van der Waals surface area contributed by atoms with Gasteiger partial charge in [-0.2, -0.15) is 0 Å². The highest BCUT2D eigenvalue weighted by Gasteiger charge is 2.43. The number of hydrogen-bond donors (Lipinski definition) is 4. The highest BCUT2D eigenvalue weighted by atomic mass is 35.5. The first-order valence-corrected chi connectivity index (χ1v) is 12.6. The van der Waals surface area contributed by atoms with Gasteiger partial charge in [0, 0.05) is 12.1 Å². The Kier molecular flexibility index (Phi) is 8.67. The van der Waals surface area contributed by atoms with Gasteiger partial charge in [0.05, 0.1) is 29.2 Å². The lowest BCUT2D eigenvalue weighted by Crippen LogP contribution is -2.59. The number of nitrogens with zero attached hydrogens (tertiary/aromatic N) is 1. The van der Waals surface area contributed by atoms with Crippen LogP contribution in [0.4, 0.5) is 5.69 Å². The van der Waals surface area contributed by atoms with E-state index in [0.29, 0.717) is 30.6 Å². The van der Waals surface area contributed by atoms with Gasteiger partial charge in [0.1, 0.15) is 18.4 Å². The topological polar surface area (TPSA) is 134 Å². The molecule has 2 amide bonds. The Hall–Kier alpha value is -2.36. The molecule has 0 bridgehead atoms. The molecule has 2 aliphatic heterocycles. The molecule has 1 aromatic rings. The molecule has 5 N–H and O–H groups in total. The van der Waals surface area contributed by atoms with Crippen LogP contribution in [0.2, 0.25) is 5.02 Å². The van der Waals surface area contributed by atoms with Crippen LogP contribution in [0.15, 0.2) is 18.2 Å². The summed E-state index contributed by atoms with van der Waals surface area (Å²) >= 11 is 6.07. The quantitative estimate of drug-likeness (QED) is 0.241. The van der Waals surface area contributed by atoms with Crippen molar-refractivity contribution in [2.24, 2.45) is 5.41 Å². The molecular formula is C25H37ClN4O5. The molecule has 35 heavy (non-hydrogen) atoms. The van der Waals surface area contributed by atoms with Crippen molar-refractivity contribution in [1.29, 1.82) is 0 Å². The van der Waals surface area contributed by atoms with Gasteiger partial charge in [0.15, 0.2) is 0 Å². The third-order valence-corrected chi connectivity index (χ3v) is 7.00. The van der Waals surface area contributed by atoms with Crippen LogP contribution in [0.5, 0.6) is 0 Å². The molecular weight excluding hydrogens is 472 g/mol. The summed E-state index contributed by atoms with van der Waals surface area (Å²) in [6, 6.07) is 2.97. The summed E-state index contributed by atoms with van der Waals surface area (Å²) in [6.45, 7) is 8.11. The number of esters is 1. The first-order valence-electron chi connectivity index (χ1n) is 12.2. The van der Waals surface area contributed by atoms with Crippen molar-refractivity contribution in [2.45, 2.75) is 90.3 Å². The maximum absolute atomic E-state index is 13.7. The number of halogens is 1. The number of carbonyl (C=O) groups is 3. The van der Waals surface area contributed by atoms with Gasteiger partial charge in [-0.3, -0.25) is 19.7 Å². The summed E-state index contributed by atoms with van der Waals surface area (Å²) in [5.74, 6) is -0.982. The number of ether oxygens (including phenoxy) is 1. The highest BCUT2D eigenvalue weighted by Crippen LogP contribution is 2.28. The second-order valence-electron chi connectivity index (χ2n) is 10.5. The molecule has 194 valence electrons. The van der Waals surface area contributed by atoms with E-state index >= 15 is 0 Å². The molecule has 0 aromatic heterocycles. The molecule has 10 heteroatoms. The van der Waals surface area contributed by atoms with Crippen LogP contribution >= 0.6 is 11.6 Å². The van der Waals surface area contributed by atoms with Crippen molar-refractivity contribution >= 4 is 35.1 Å². The Morgan fingerprint density at radius 1 is 1.34 bits per heavy atom. The second-order valence-corrected chi connectivity index (χ2v) is 10.9. The summed E-state index contributed by atoms with van der Waals surface area (Å²) in [5, 5.41) is 17.3. The smallest absolute Gasteiger partial charge is 0.307 e. The maximum Gasteiger partial charge on any atom is 0.307 e. The molecule has 2 heterocycles. The Morgan fingerprint density at radius 3 is 2.69 bits per heavy atom. The van der Waals surface area contributed by atoms with Gasteiger partial charge in [-0.25, -0.2) is 0 Å². The summed E-state index contributed by atoms with van der Waals surface area (Å²) in [5.41, 5.74) is 5.82.